The van der Waals surface area contributed by atoms with Crippen LogP contribution in [0.1, 0.15) is 19.8 Å². The van der Waals surface area contributed by atoms with Crippen molar-refractivity contribution in [3.05, 3.63) is 0 Å². The largest absolute Gasteiger partial charge is 0.376 e. The molecule has 0 aromatic carbocycles. The molecule has 1 aliphatic rings. The molecule has 0 saturated carbocycles. The van der Waals surface area contributed by atoms with Gasteiger partial charge in [-0.25, -0.2) is 0 Å². The molecule has 1 rings (SSSR count). The molecule has 1 saturated heterocycles. The van der Waals surface area contributed by atoms with Crippen molar-refractivity contribution in [3.63, 3.8) is 0 Å². The van der Waals surface area contributed by atoms with E-state index in [1.165, 1.54) is 0 Å². The standard InChI is InChI=1S/C9H18N2O2/c1-7(10-2)9(12)11-6-8-4-3-5-13-8/h7-8,10H,3-6H2,1-2H3,(H,11,12). The van der Waals surface area contributed by atoms with E-state index in [4.69, 9.17) is 4.74 Å². The molecular formula is C9H18N2O2. The van der Waals surface area contributed by atoms with Gasteiger partial charge in [-0.1, -0.05) is 0 Å². The van der Waals surface area contributed by atoms with Crippen LogP contribution in [0, 0.1) is 0 Å². The van der Waals surface area contributed by atoms with E-state index in [0.29, 0.717) is 6.54 Å². The van der Waals surface area contributed by atoms with Crippen molar-refractivity contribution in [3.8, 4) is 0 Å². The quantitative estimate of drug-likeness (QED) is 0.644. The van der Waals surface area contributed by atoms with Crippen molar-refractivity contribution in [1.29, 1.82) is 0 Å². The Bertz CT molecular complexity index is 167. The van der Waals surface area contributed by atoms with Crippen molar-refractivity contribution < 1.29 is 9.53 Å². The summed E-state index contributed by atoms with van der Waals surface area (Å²) < 4.78 is 5.38. The minimum absolute atomic E-state index is 0.0398. The molecule has 0 radical (unpaired) electrons. The molecule has 0 aromatic heterocycles. The van der Waals surface area contributed by atoms with Crippen molar-refractivity contribution >= 4 is 5.91 Å². The highest BCUT2D eigenvalue weighted by Crippen LogP contribution is 2.10. The summed E-state index contributed by atoms with van der Waals surface area (Å²) in [6.45, 7) is 3.32. The highest BCUT2D eigenvalue weighted by atomic mass is 16.5. The molecular weight excluding hydrogens is 168 g/mol. The molecule has 76 valence electrons. The van der Waals surface area contributed by atoms with Gasteiger partial charge in [0.2, 0.25) is 5.91 Å². The molecule has 4 nitrogen and oxygen atoms in total. The van der Waals surface area contributed by atoms with Crippen LogP contribution in [-0.4, -0.2) is 38.3 Å². The molecule has 1 aliphatic heterocycles. The molecule has 2 atom stereocenters. The Hall–Kier alpha value is -0.610. The Morgan fingerprint density at radius 1 is 1.69 bits per heavy atom. The van der Waals surface area contributed by atoms with E-state index in [0.717, 1.165) is 19.4 Å². The van der Waals surface area contributed by atoms with E-state index >= 15 is 0 Å². The van der Waals surface area contributed by atoms with E-state index in [9.17, 15) is 4.79 Å². The van der Waals surface area contributed by atoms with Gasteiger partial charge in [0.15, 0.2) is 0 Å². The number of amides is 1. The number of ether oxygens (including phenoxy) is 1. The first kappa shape index (κ1) is 10.5. The fourth-order valence-electron chi connectivity index (χ4n) is 1.30. The summed E-state index contributed by atoms with van der Waals surface area (Å²) in [5, 5.41) is 5.74. The van der Waals surface area contributed by atoms with Crippen LogP contribution in [0.4, 0.5) is 0 Å². The summed E-state index contributed by atoms with van der Waals surface area (Å²) in [5.41, 5.74) is 0. The molecule has 0 aromatic rings. The summed E-state index contributed by atoms with van der Waals surface area (Å²) in [6, 6.07) is -0.124. The lowest BCUT2D eigenvalue weighted by Gasteiger charge is -2.14. The summed E-state index contributed by atoms with van der Waals surface area (Å²) >= 11 is 0. The lowest BCUT2D eigenvalue weighted by molar-refractivity contribution is -0.123. The fraction of sp³-hybridized carbons (Fsp3) is 0.889. The number of hydrogen-bond donors (Lipinski definition) is 2. The second-order valence-corrected chi connectivity index (χ2v) is 3.39. The average Bonchev–Trinajstić information content (AvgIpc) is 2.65. The third-order valence-corrected chi connectivity index (χ3v) is 2.35. The highest BCUT2D eigenvalue weighted by molar-refractivity contribution is 5.81. The minimum Gasteiger partial charge on any atom is -0.376 e. The lowest BCUT2D eigenvalue weighted by atomic mass is 10.2. The van der Waals surface area contributed by atoms with Crippen LogP contribution in [0.5, 0.6) is 0 Å². The van der Waals surface area contributed by atoms with Crippen LogP contribution < -0.4 is 10.6 Å². The van der Waals surface area contributed by atoms with Crippen LogP contribution in [0.15, 0.2) is 0 Å². The van der Waals surface area contributed by atoms with Gasteiger partial charge in [0.25, 0.3) is 0 Å². The normalized spacial score (nSPS) is 24.3. The predicted octanol–water partition coefficient (Wildman–Crippen LogP) is -0.111. The monoisotopic (exact) mass is 186 g/mol. The molecule has 0 aliphatic carbocycles. The van der Waals surface area contributed by atoms with Gasteiger partial charge in [0, 0.05) is 13.2 Å². The predicted molar refractivity (Wildman–Crippen MR) is 50.5 cm³/mol. The first-order valence-corrected chi connectivity index (χ1v) is 4.80. The maximum Gasteiger partial charge on any atom is 0.236 e. The van der Waals surface area contributed by atoms with E-state index in [1.807, 2.05) is 6.92 Å². The topological polar surface area (TPSA) is 50.4 Å². The fourth-order valence-corrected chi connectivity index (χ4v) is 1.30. The number of carbonyl (C=O) groups excluding carboxylic acids is 1. The van der Waals surface area contributed by atoms with Crippen molar-refractivity contribution in [2.24, 2.45) is 0 Å². The van der Waals surface area contributed by atoms with Gasteiger partial charge in [-0.15, -0.1) is 0 Å². The SMILES string of the molecule is CNC(C)C(=O)NCC1CCCO1. The van der Waals surface area contributed by atoms with E-state index < -0.39 is 0 Å². The zero-order valence-electron chi connectivity index (χ0n) is 8.30. The van der Waals surface area contributed by atoms with Crippen LogP contribution in [0.2, 0.25) is 0 Å². The molecule has 1 heterocycles. The van der Waals surface area contributed by atoms with Gasteiger partial charge in [-0.05, 0) is 26.8 Å². The molecule has 13 heavy (non-hydrogen) atoms. The van der Waals surface area contributed by atoms with E-state index in [2.05, 4.69) is 10.6 Å². The summed E-state index contributed by atoms with van der Waals surface area (Å²) in [5.74, 6) is 0.0398. The van der Waals surface area contributed by atoms with Gasteiger partial charge in [0.1, 0.15) is 0 Å². The maximum absolute atomic E-state index is 11.3. The highest BCUT2D eigenvalue weighted by Gasteiger charge is 2.17. The number of carbonyl (C=O) groups is 1. The van der Waals surface area contributed by atoms with Gasteiger partial charge >= 0.3 is 0 Å². The van der Waals surface area contributed by atoms with Crippen molar-refractivity contribution in [1.82, 2.24) is 10.6 Å². The van der Waals surface area contributed by atoms with Crippen molar-refractivity contribution in [2.75, 3.05) is 20.2 Å². The second-order valence-electron chi connectivity index (χ2n) is 3.39. The van der Waals surface area contributed by atoms with Gasteiger partial charge in [0.05, 0.1) is 12.1 Å². The Labute approximate surface area is 79.0 Å². The maximum atomic E-state index is 11.3. The second kappa shape index (κ2) is 5.19. The Kier molecular flexibility index (Phi) is 4.18. The molecule has 0 bridgehead atoms. The minimum atomic E-state index is -0.124. The molecule has 2 unspecified atom stereocenters. The number of likely N-dealkylation sites (N-methyl/N-ethyl adjacent to an activating group) is 1. The number of rotatable bonds is 4. The molecule has 4 heteroatoms. The Morgan fingerprint density at radius 2 is 2.46 bits per heavy atom. The van der Waals surface area contributed by atoms with Gasteiger partial charge in [-0.3, -0.25) is 4.79 Å². The van der Waals surface area contributed by atoms with Gasteiger partial charge in [-0.2, -0.15) is 0 Å². The lowest BCUT2D eigenvalue weighted by Crippen LogP contribution is -2.43. The van der Waals surface area contributed by atoms with Crippen LogP contribution in [0.25, 0.3) is 0 Å². The molecule has 2 N–H and O–H groups in total. The zero-order chi connectivity index (χ0) is 9.68. The Morgan fingerprint density at radius 3 is 3.00 bits per heavy atom. The van der Waals surface area contributed by atoms with E-state index in [1.54, 1.807) is 7.05 Å². The zero-order valence-corrected chi connectivity index (χ0v) is 8.30. The molecule has 0 spiro atoms. The smallest absolute Gasteiger partial charge is 0.236 e. The third kappa shape index (κ3) is 3.32. The summed E-state index contributed by atoms with van der Waals surface area (Å²) in [6.07, 6.45) is 2.41. The molecule has 1 amide bonds. The first-order valence-electron chi connectivity index (χ1n) is 4.80. The van der Waals surface area contributed by atoms with Crippen LogP contribution in [-0.2, 0) is 9.53 Å². The molecule has 1 fully saturated rings. The summed E-state index contributed by atoms with van der Waals surface area (Å²) in [7, 11) is 1.77. The third-order valence-electron chi connectivity index (χ3n) is 2.35. The average molecular weight is 186 g/mol. The van der Waals surface area contributed by atoms with Crippen LogP contribution >= 0.6 is 0 Å². The Balaban J connectivity index is 2.13. The van der Waals surface area contributed by atoms with Crippen LogP contribution in [0.3, 0.4) is 0 Å². The van der Waals surface area contributed by atoms with Crippen molar-refractivity contribution in [2.45, 2.75) is 31.9 Å². The summed E-state index contributed by atoms with van der Waals surface area (Å²) in [4.78, 5) is 11.3. The first-order chi connectivity index (χ1) is 6.24. The van der Waals surface area contributed by atoms with E-state index in [-0.39, 0.29) is 18.1 Å². The number of hydrogen-bond acceptors (Lipinski definition) is 3. The van der Waals surface area contributed by atoms with Gasteiger partial charge < -0.3 is 15.4 Å². The number of nitrogens with one attached hydrogen (secondary N) is 2.